The van der Waals surface area contributed by atoms with E-state index in [1.165, 1.54) is 18.9 Å². The Labute approximate surface area is 169 Å². The van der Waals surface area contributed by atoms with Gasteiger partial charge in [0.2, 0.25) is 11.8 Å². The summed E-state index contributed by atoms with van der Waals surface area (Å²) < 4.78 is 29.1. The highest BCUT2D eigenvalue weighted by molar-refractivity contribution is 6.00. The number of aromatic nitrogens is 2. The number of hydrogen-bond donors (Lipinski definition) is 1. The van der Waals surface area contributed by atoms with E-state index in [0.29, 0.717) is 24.6 Å². The van der Waals surface area contributed by atoms with Gasteiger partial charge in [-0.3, -0.25) is 4.79 Å². The van der Waals surface area contributed by atoms with E-state index in [-0.39, 0.29) is 24.7 Å². The van der Waals surface area contributed by atoms with E-state index < -0.39 is 5.92 Å². The molecule has 6 heteroatoms. The molecule has 1 N–H and O–H groups in total. The maximum atomic E-state index is 13.4. The van der Waals surface area contributed by atoms with Gasteiger partial charge in [-0.2, -0.15) is 0 Å². The molecule has 2 aromatic rings. The van der Waals surface area contributed by atoms with Crippen LogP contribution in [0, 0.1) is 5.92 Å². The average molecular weight is 399 g/mol. The number of fused-ring (bicyclic) bond motifs is 1. The molecule has 2 aliphatic carbocycles. The van der Waals surface area contributed by atoms with Gasteiger partial charge in [-0.25, -0.2) is 13.8 Å². The van der Waals surface area contributed by atoms with Crippen molar-refractivity contribution in [2.45, 2.75) is 63.3 Å². The van der Waals surface area contributed by atoms with Gasteiger partial charge < -0.3 is 9.88 Å². The lowest BCUT2D eigenvalue weighted by Crippen LogP contribution is -2.23. The van der Waals surface area contributed by atoms with Crippen molar-refractivity contribution in [3.8, 4) is 0 Å². The number of allylic oxidation sites excluding steroid dienone is 1. The quantitative estimate of drug-likeness (QED) is 0.616. The van der Waals surface area contributed by atoms with Crippen molar-refractivity contribution >= 4 is 28.7 Å². The van der Waals surface area contributed by atoms with E-state index >= 15 is 0 Å². The van der Waals surface area contributed by atoms with Crippen molar-refractivity contribution in [3.63, 3.8) is 0 Å². The zero-order valence-electron chi connectivity index (χ0n) is 16.5. The van der Waals surface area contributed by atoms with E-state index in [4.69, 9.17) is 0 Å². The Morgan fingerprint density at radius 1 is 1.24 bits per heavy atom. The van der Waals surface area contributed by atoms with Crippen molar-refractivity contribution in [3.05, 3.63) is 42.8 Å². The topological polar surface area (TPSA) is 46.9 Å². The molecule has 4 rings (SSSR count). The third kappa shape index (κ3) is 4.41. The van der Waals surface area contributed by atoms with Crippen LogP contribution in [-0.2, 0) is 4.79 Å². The summed E-state index contributed by atoms with van der Waals surface area (Å²) in [5.74, 6) is -2.61. The van der Waals surface area contributed by atoms with Gasteiger partial charge >= 0.3 is 0 Å². The maximum absolute atomic E-state index is 13.4. The minimum absolute atomic E-state index is 0.0366. The molecule has 4 nitrogen and oxygen atoms in total. The first-order valence-electron chi connectivity index (χ1n) is 10.5. The number of anilines is 1. The number of nitrogens with zero attached hydrogens (tertiary/aromatic N) is 2. The number of pyridine rings is 1. The lowest BCUT2D eigenvalue weighted by Gasteiger charge is -2.26. The molecular weight excluding hydrogens is 372 g/mol. The number of hydrogen-bond acceptors (Lipinski definition) is 2. The predicted molar refractivity (Wildman–Crippen MR) is 112 cm³/mol. The molecular formula is C23H27F2N3O. The Balaban J connectivity index is 1.65. The van der Waals surface area contributed by atoms with Crippen LogP contribution in [0.25, 0.3) is 17.1 Å². The molecule has 1 amide bonds. The minimum Gasteiger partial charge on any atom is -0.329 e. The van der Waals surface area contributed by atoms with Gasteiger partial charge in [0, 0.05) is 36.0 Å². The van der Waals surface area contributed by atoms with Gasteiger partial charge in [-0.15, -0.1) is 0 Å². The second kappa shape index (κ2) is 8.09. The Morgan fingerprint density at radius 3 is 2.66 bits per heavy atom. The third-order valence-corrected chi connectivity index (χ3v) is 6.18. The number of alkyl halides is 2. The maximum Gasteiger partial charge on any atom is 0.248 e. The van der Waals surface area contributed by atoms with Gasteiger partial charge in [0.15, 0.2) is 0 Å². The molecule has 0 saturated heterocycles. The summed E-state index contributed by atoms with van der Waals surface area (Å²) in [4.78, 5) is 16.3. The molecule has 0 aromatic carbocycles. The van der Waals surface area contributed by atoms with E-state index in [1.807, 2.05) is 12.1 Å². The number of amides is 1. The monoisotopic (exact) mass is 399 g/mol. The fourth-order valence-electron chi connectivity index (χ4n) is 4.51. The Morgan fingerprint density at radius 2 is 1.97 bits per heavy atom. The largest absolute Gasteiger partial charge is 0.329 e. The Hall–Kier alpha value is -2.50. The van der Waals surface area contributed by atoms with Crippen LogP contribution in [0.15, 0.2) is 37.2 Å². The number of carbonyl (C=O) groups excluding carboxylic acids is 1. The van der Waals surface area contributed by atoms with Crippen LogP contribution in [-0.4, -0.2) is 21.4 Å². The number of rotatable bonds is 5. The summed E-state index contributed by atoms with van der Waals surface area (Å²) in [6.07, 6.45) is 14.8. The smallest absolute Gasteiger partial charge is 0.248 e. The fourth-order valence-corrected chi connectivity index (χ4v) is 4.51. The van der Waals surface area contributed by atoms with Gasteiger partial charge in [-0.05, 0) is 43.7 Å². The normalized spacial score (nSPS) is 20.5. The second-order valence-corrected chi connectivity index (χ2v) is 8.27. The molecule has 29 heavy (non-hydrogen) atoms. The summed E-state index contributed by atoms with van der Waals surface area (Å²) in [6.45, 7) is 3.48. The lowest BCUT2D eigenvalue weighted by atomic mass is 9.86. The van der Waals surface area contributed by atoms with Gasteiger partial charge in [-0.1, -0.05) is 31.6 Å². The zero-order valence-corrected chi connectivity index (χ0v) is 16.5. The van der Waals surface area contributed by atoms with Crippen LogP contribution >= 0.6 is 0 Å². The number of carbonyl (C=O) groups is 1. The molecule has 2 heterocycles. The molecule has 2 aromatic heterocycles. The molecule has 0 radical (unpaired) electrons. The van der Waals surface area contributed by atoms with Crippen LogP contribution in [0.2, 0.25) is 0 Å². The van der Waals surface area contributed by atoms with E-state index in [2.05, 4.69) is 33.7 Å². The van der Waals surface area contributed by atoms with Gasteiger partial charge in [0.25, 0.3) is 0 Å². The lowest BCUT2D eigenvalue weighted by molar-refractivity contribution is -0.111. The molecule has 0 aliphatic heterocycles. The predicted octanol–water partition coefficient (Wildman–Crippen LogP) is 6.11. The van der Waals surface area contributed by atoms with E-state index in [0.717, 1.165) is 29.4 Å². The van der Waals surface area contributed by atoms with E-state index in [9.17, 15) is 13.6 Å². The highest BCUT2D eigenvalue weighted by atomic mass is 19.3. The molecule has 0 spiro atoms. The summed E-state index contributed by atoms with van der Waals surface area (Å²) in [5.41, 5.74) is 2.55. The summed E-state index contributed by atoms with van der Waals surface area (Å²) in [6, 6.07) is 2.37. The Kier molecular flexibility index (Phi) is 5.52. The highest BCUT2D eigenvalue weighted by Crippen LogP contribution is 2.38. The summed E-state index contributed by atoms with van der Waals surface area (Å²) >= 11 is 0. The van der Waals surface area contributed by atoms with Crippen LogP contribution < -0.4 is 5.32 Å². The van der Waals surface area contributed by atoms with Crippen LogP contribution in [0.5, 0.6) is 0 Å². The van der Waals surface area contributed by atoms with Crippen molar-refractivity contribution < 1.29 is 13.6 Å². The molecule has 0 unspecified atom stereocenters. The van der Waals surface area contributed by atoms with Gasteiger partial charge in [0.05, 0.1) is 11.9 Å². The van der Waals surface area contributed by atoms with Crippen LogP contribution in [0.3, 0.4) is 0 Å². The third-order valence-electron chi connectivity index (χ3n) is 6.18. The minimum atomic E-state index is -2.51. The fraction of sp³-hybridized carbons (Fsp3) is 0.478. The molecule has 2 aliphatic rings. The van der Waals surface area contributed by atoms with Gasteiger partial charge in [0.1, 0.15) is 5.65 Å². The number of halogens is 2. The van der Waals surface area contributed by atoms with Crippen LogP contribution in [0.4, 0.5) is 14.5 Å². The SMILES string of the molecule is C=CC(=O)Nc1cnc2c(c1)c(/C=C/C1CCC(F)(F)CC1)cn2C1CCCC1. The molecule has 2 saturated carbocycles. The standard InChI is InChI=1S/C23H27F2N3O/c1-2-21(29)27-18-13-20-17(8-7-16-9-11-23(24,25)12-10-16)15-28(22(20)26-14-18)19-5-3-4-6-19/h2,7-8,13-16,19H,1,3-6,9-12H2,(H,27,29)/b8-7+. The van der Waals surface area contributed by atoms with Crippen molar-refractivity contribution in [2.24, 2.45) is 5.92 Å². The molecule has 2 fully saturated rings. The molecule has 154 valence electrons. The summed E-state index contributed by atoms with van der Waals surface area (Å²) in [5, 5.41) is 3.74. The van der Waals surface area contributed by atoms with Crippen molar-refractivity contribution in [2.75, 3.05) is 5.32 Å². The summed E-state index contributed by atoms with van der Waals surface area (Å²) in [7, 11) is 0. The molecule has 0 bridgehead atoms. The number of nitrogens with one attached hydrogen (secondary N) is 1. The first-order valence-corrected chi connectivity index (χ1v) is 10.5. The van der Waals surface area contributed by atoms with Crippen molar-refractivity contribution in [1.82, 2.24) is 9.55 Å². The van der Waals surface area contributed by atoms with E-state index in [1.54, 1.807) is 6.20 Å². The van der Waals surface area contributed by atoms with Crippen LogP contribution in [0.1, 0.15) is 63.0 Å². The first kappa shape index (κ1) is 19.8. The zero-order chi connectivity index (χ0) is 20.4. The highest BCUT2D eigenvalue weighted by Gasteiger charge is 2.34. The molecule has 0 atom stereocenters. The second-order valence-electron chi connectivity index (χ2n) is 8.27. The first-order chi connectivity index (χ1) is 13.9. The average Bonchev–Trinajstić information content (AvgIpc) is 3.35. The Bertz CT molecular complexity index is 931. The van der Waals surface area contributed by atoms with Crippen molar-refractivity contribution in [1.29, 1.82) is 0 Å².